The summed E-state index contributed by atoms with van der Waals surface area (Å²) in [4.78, 5) is 22.8. The molecule has 0 unspecified atom stereocenters. The normalized spacial score (nSPS) is 11.6. The number of carbonyl (C=O) groups is 2. The van der Waals surface area contributed by atoms with Crippen molar-refractivity contribution in [1.29, 1.82) is 0 Å². The van der Waals surface area contributed by atoms with E-state index in [1.165, 1.54) is 64.2 Å². The van der Waals surface area contributed by atoms with Crippen molar-refractivity contribution in [2.75, 3.05) is 6.54 Å². The van der Waals surface area contributed by atoms with Crippen LogP contribution in [0.2, 0.25) is 0 Å². The van der Waals surface area contributed by atoms with Crippen LogP contribution in [-0.2, 0) is 9.59 Å². The Balaban J connectivity index is 0. The second-order valence-electron chi connectivity index (χ2n) is 7.36. The van der Waals surface area contributed by atoms with E-state index >= 15 is 0 Å². The molecule has 0 saturated heterocycles. The van der Waals surface area contributed by atoms with Gasteiger partial charge in [-0.05, 0) is 25.8 Å². The molecule has 0 aromatic carbocycles. The molecule has 0 bridgehead atoms. The first-order valence-electron chi connectivity index (χ1n) is 10.8. The Morgan fingerprint density at radius 3 is 1.67 bits per heavy atom. The third-order valence-corrected chi connectivity index (χ3v) is 4.82. The molecule has 27 heavy (non-hydrogen) atoms. The molecule has 1 atom stereocenters. The first kappa shape index (κ1) is 29.1. The van der Waals surface area contributed by atoms with Gasteiger partial charge < -0.3 is 21.0 Å². The summed E-state index contributed by atoms with van der Waals surface area (Å²) < 4.78 is 0. The monoisotopic (exact) mass is 392 g/mol. The summed E-state index contributed by atoms with van der Waals surface area (Å²) in [6, 6.07) is -0.909. The van der Waals surface area contributed by atoms with Crippen molar-refractivity contribution in [2.24, 2.45) is 5.73 Å². The number of unbranched alkanes of at least 4 members (excludes halogenated alkanes) is 12. The van der Waals surface area contributed by atoms with Crippen LogP contribution in [-0.4, -0.2) is 24.5 Å². The molecule has 0 radical (unpaired) electrons. The van der Waals surface area contributed by atoms with Crippen LogP contribution in [0, 0.1) is 0 Å². The fourth-order valence-corrected chi connectivity index (χ4v) is 3.14. The second kappa shape index (κ2) is 22.2. The Morgan fingerprint density at radius 1 is 0.815 bits per heavy atom. The van der Waals surface area contributed by atoms with Crippen molar-refractivity contribution >= 4 is 11.9 Å². The zero-order valence-electron chi connectivity index (χ0n) is 17.9. The summed E-state index contributed by atoms with van der Waals surface area (Å²) in [6.45, 7) is 2.67. The van der Waals surface area contributed by atoms with Crippen LogP contribution in [0.5, 0.6) is 0 Å². The van der Waals surface area contributed by atoms with E-state index in [0.29, 0.717) is 25.8 Å². The maximum atomic E-state index is 11.8. The van der Waals surface area contributed by atoms with Crippen molar-refractivity contribution in [3.63, 3.8) is 0 Å². The molecular weight excluding hydrogens is 351 g/mol. The standard InChI is InChI=1S/C21H42N2O3.Na/c1-2-3-4-5-6-7-8-9-10-11-12-13-14-17-20(24)23-19(21(25)26)16-15-18-22;/h19H,2-18,22H2,1H3,(H,23,24)(H,25,26);/q;+1/p-1/t19-;/m0./s1. The minimum Gasteiger partial charge on any atom is -0.548 e. The fraction of sp³-hybridized carbons (Fsp3) is 0.905. The van der Waals surface area contributed by atoms with Crippen molar-refractivity contribution < 1.29 is 44.3 Å². The van der Waals surface area contributed by atoms with Gasteiger partial charge in [0, 0.05) is 6.42 Å². The maximum Gasteiger partial charge on any atom is 1.00 e. The van der Waals surface area contributed by atoms with Gasteiger partial charge in [0.2, 0.25) is 5.91 Å². The van der Waals surface area contributed by atoms with E-state index in [9.17, 15) is 14.7 Å². The Bertz CT molecular complexity index is 354. The molecular formula is C21H41N2NaO3. The van der Waals surface area contributed by atoms with Gasteiger partial charge in [-0.2, -0.15) is 0 Å². The number of carboxylic acid groups (broad SMARTS) is 1. The van der Waals surface area contributed by atoms with Gasteiger partial charge in [0.05, 0.1) is 12.0 Å². The SMILES string of the molecule is CCCCCCCCCCCCCCCC(=O)N[C@@H](CCCN)C(=O)[O-].[Na+]. The van der Waals surface area contributed by atoms with E-state index in [0.717, 1.165) is 19.3 Å². The van der Waals surface area contributed by atoms with Crippen LogP contribution in [0.1, 0.15) is 110 Å². The molecule has 0 saturated carbocycles. The number of aliphatic carboxylic acids is 1. The van der Waals surface area contributed by atoms with Crippen LogP contribution < -0.4 is 45.7 Å². The van der Waals surface area contributed by atoms with E-state index in [1.54, 1.807) is 0 Å². The van der Waals surface area contributed by atoms with E-state index in [2.05, 4.69) is 12.2 Å². The smallest absolute Gasteiger partial charge is 0.548 e. The zero-order valence-corrected chi connectivity index (χ0v) is 19.9. The Hall–Kier alpha value is -0.100. The molecule has 3 N–H and O–H groups in total. The summed E-state index contributed by atoms with van der Waals surface area (Å²) in [7, 11) is 0. The van der Waals surface area contributed by atoms with Crippen LogP contribution in [0.25, 0.3) is 0 Å². The first-order valence-corrected chi connectivity index (χ1v) is 10.8. The number of nitrogens with one attached hydrogen (secondary N) is 1. The number of carbonyl (C=O) groups excluding carboxylic acids is 2. The van der Waals surface area contributed by atoms with E-state index in [1.807, 2.05) is 0 Å². The van der Waals surface area contributed by atoms with Crippen LogP contribution in [0.4, 0.5) is 0 Å². The number of carboxylic acids is 1. The molecule has 0 aliphatic carbocycles. The summed E-state index contributed by atoms with van der Waals surface area (Å²) in [5.74, 6) is -1.42. The molecule has 1 amide bonds. The van der Waals surface area contributed by atoms with Crippen molar-refractivity contribution in [3.8, 4) is 0 Å². The van der Waals surface area contributed by atoms with E-state index < -0.39 is 12.0 Å². The van der Waals surface area contributed by atoms with Crippen LogP contribution in [0.15, 0.2) is 0 Å². The van der Waals surface area contributed by atoms with Gasteiger partial charge in [-0.3, -0.25) is 4.79 Å². The number of rotatable bonds is 19. The summed E-state index contributed by atoms with van der Waals surface area (Å²) in [6.07, 6.45) is 17.7. The number of nitrogens with two attached hydrogens (primary N) is 1. The van der Waals surface area contributed by atoms with Gasteiger partial charge in [0.1, 0.15) is 0 Å². The van der Waals surface area contributed by atoms with Gasteiger partial charge in [-0.25, -0.2) is 0 Å². The molecule has 154 valence electrons. The number of hydrogen-bond donors (Lipinski definition) is 2. The van der Waals surface area contributed by atoms with Crippen LogP contribution in [0.3, 0.4) is 0 Å². The second-order valence-corrected chi connectivity index (χ2v) is 7.36. The van der Waals surface area contributed by atoms with Gasteiger partial charge in [0.15, 0.2) is 0 Å². The largest absolute Gasteiger partial charge is 1.00 e. The minimum atomic E-state index is -1.22. The summed E-state index contributed by atoms with van der Waals surface area (Å²) in [5.41, 5.74) is 5.37. The van der Waals surface area contributed by atoms with Crippen molar-refractivity contribution in [1.82, 2.24) is 5.32 Å². The average molecular weight is 393 g/mol. The molecule has 0 heterocycles. The third kappa shape index (κ3) is 20.4. The maximum absolute atomic E-state index is 11.8. The number of amides is 1. The fourth-order valence-electron chi connectivity index (χ4n) is 3.14. The van der Waals surface area contributed by atoms with Gasteiger partial charge >= 0.3 is 29.6 Å². The molecule has 0 aromatic rings. The minimum absolute atomic E-state index is 0. The molecule has 0 aliphatic heterocycles. The van der Waals surface area contributed by atoms with Gasteiger partial charge in [-0.15, -0.1) is 0 Å². The molecule has 0 aromatic heterocycles. The van der Waals surface area contributed by atoms with Crippen molar-refractivity contribution in [2.45, 2.75) is 116 Å². The predicted molar refractivity (Wildman–Crippen MR) is 106 cm³/mol. The average Bonchev–Trinajstić information content (AvgIpc) is 2.62. The van der Waals surface area contributed by atoms with E-state index in [-0.39, 0.29) is 35.5 Å². The predicted octanol–water partition coefficient (Wildman–Crippen LogP) is 0.445. The quantitative estimate of drug-likeness (QED) is 0.246. The molecule has 0 spiro atoms. The molecule has 0 rings (SSSR count). The van der Waals surface area contributed by atoms with Gasteiger partial charge in [-0.1, -0.05) is 84.0 Å². The third-order valence-electron chi connectivity index (χ3n) is 4.82. The summed E-state index contributed by atoms with van der Waals surface area (Å²) >= 11 is 0. The molecule has 0 fully saturated rings. The Labute approximate surface area is 188 Å². The van der Waals surface area contributed by atoms with Crippen LogP contribution >= 0.6 is 0 Å². The molecule has 0 aliphatic rings. The molecule has 5 nitrogen and oxygen atoms in total. The van der Waals surface area contributed by atoms with Gasteiger partial charge in [0.25, 0.3) is 0 Å². The Morgan fingerprint density at radius 2 is 1.26 bits per heavy atom. The number of hydrogen-bond acceptors (Lipinski definition) is 4. The van der Waals surface area contributed by atoms with E-state index in [4.69, 9.17) is 5.73 Å². The topological polar surface area (TPSA) is 95.2 Å². The summed E-state index contributed by atoms with van der Waals surface area (Å²) in [5, 5.41) is 13.5. The first-order chi connectivity index (χ1) is 12.6. The Kier molecular flexibility index (Phi) is 23.9. The molecule has 6 heteroatoms. The van der Waals surface area contributed by atoms with Crippen molar-refractivity contribution in [3.05, 3.63) is 0 Å². The zero-order chi connectivity index (χ0) is 19.5.